The molecule has 0 N–H and O–H groups in total. The molecule has 0 bridgehead atoms. The molecule has 47 heavy (non-hydrogen) atoms. The number of fused-ring (bicyclic) bond motifs is 1. The zero-order chi connectivity index (χ0) is 31.4. The van der Waals surface area contributed by atoms with Gasteiger partial charge in [-0.25, -0.2) is 4.98 Å². The summed E-state index contributed by atoms with van der Waals surface area (Å²) >= 11 is 0. The number of anilines is 2. The van der Waals surface area contributed by atoms with Gasteiger partial charge in [0.2, 0.25) is 0 Å². The first-order chi connectivity index (χ1) is 23.3. The number of allylic oxidation sites excluding steroid dienone is 8. The van der Waals surface area contributed by atoms with E-state index < -0.39 is 0 Å². The van der Waals surface area contributed by atoms with Crippen molar-refractivity contribution in [2.75, 3.05) is 4.90 Å². The Balaban J connectivity index is 1.19. The van der Waals surface area contributed by atoms with Gasteiger partial charge in [0.1, 0.15) is 0 Å². The van der Waals surface area contributed by atoms with Crippen LogP contribution in [0.25, 0.3) is 44.4 Å². The van der Waals surface area contributed by atoms with Gasteiger partial charge in [-0.1, -0.05) is 127 Å². The molecule has 0 unspecified atom stereocenters. The second-order valence-electron chi connectivity index (χ2n) is 12.2. The molecule has 0 spiro atoms. The molecule has 226 valence electrons. The van der Waals surface area contributed by atoms with Crippen molar-refractivity contribution in [1.29, 1.82) is 0 Å². The quantitative estimate of drug-likeness (QED) is 0.180. The van der Waals surface area contributed by atoms with Gasteiger partial charge in [0, 0.05) is 33.6 Å². The summed E-state index contributed by atoms with van der Waals surface area (Å²) in [6.45, 7) is 0. The summed E-state index contributed by atoms with van der Waals surface area (Å²) in [7, 11) is 0. The smallest absolute Gasteiger partial charge is 0.0788 e. The van der Waals surface area contributed by atoms with Crippen molar-refractivity contribution >= 4 is 22.3 Å². The second kappa shape index (κ2) is 12.9. The molecule has 2 aliphatic carbocycles. The summed E-state index contributed by atoms with van der Waals surface area (Å²) in [5.41, 5.74) is 14.4. The lowest BCUT2D eigenvalue weighted by atomic mass is 9.90. The number of hydrogen-bond acceptors (Lipinski definition) is 2. The molecular weight excluding hydrogens is 569 g/mol. The molecule has 0 atom stereocenters. The molecule has 0 amide bonds. The zero-order valence-electron chi connectivity index (χ0n) is 26.4. The highest BCUT2D eigenvalue weighted by molar-refractivity contribution is 5.92. The number of para-hydroxylation sites is 1. The average molecular weight is 605 g/mol. The van der Waals surface area contributed by atoms with Crippen LogP contribution in [-0.4, -0.2) is 4.98 Å². The van der Waals surface area contributed by atoms with E-state index in [1.54, 1.807) is 0 Å². The van der Waals surface area contributed by atoms with Crippen LogP contribution in [0.15, 0.2) is 187 Å². The first-order valence-corrected chi connectivity index (χ1v) is 16.6. The summed E-state index contributed by atoms with van der Waals surface area (Å²) in [6.07, 6.45) is 15.7. The average Bonchev–Trinajstić information content (AvgIpc) is 3.16. The predicted octanol–water partition coefficient (Wildman–Crippen LogP) is 12.3. The monoisotopic (exact) mass is 604 g/mol. The molecule has 0 fully saturated rings. The van der Waals surface area contributed by atoms with Crippen molar-refractivity contribution in [2.24, 2.45) is 0 Å². The van der Waals surface area contributed by atoms with Gasteiger partial charge < -0.3 is 4.90 Å². The zero-order valence-corrected chi connectivity index (χ0v) is 26.4. The largest absolute Gasteiger partial charge is 0.314 e. The van der Waals surface area contributed by atoms with E-state index in [9.17, 15) is 0 Å². The van der Waals surface area contributed by atoms with Gasteiger partial charge in [-0.15, -0.1) is 0 Å². The van der Waals surface area contributed by atoms with Gasteiger partial charge in [0.15, 0.2) is 0 Å². The Kier molecular flexibility index (Phi) is 7.91. The van der Waals surface area contributed by atoms with E-state index >= 15 is 0 Å². The molecule has 1 aromatic heterocycles. The van der Waals surface area contributed by atoms with E-state index in [2.05, 4.69) is 175 Å². The third-order valence-electron chi connectivity index (χ3n) is 9.28. The van der Waals surface area contributed by atoms with Crippen LogP contribution >= 0.6 is 0 Å². The normalized spacial score (nSPS) is 14.3. The fourth-order valence-electron chi connectivity index (χ4n) is 6.81. The highest BCUT2D eigenvalue weighted by Gasteiger charge is 2.20. The Hall–Kier alpha value is -5.73. The minimum atomic E-state index is 0.988. The molecule has 8 rings (SSSR count). The van der Waals surface area contributed by atoms with Crippen molar-refractivity contribution < 1.29 is 0 Å². The number of rotatable bonds is 7. The lowest BCUT2D eigenvalue weighted by molar-refractivity contribution is 0.851. The molecule has 2 aliphatic rings. The van der Waals surface area contributed by atoms with E-state index in [0.29, 0.717) is 0 Å². The Morgan fingerprint density at radius 3 is 1.77 bits per heavy atom. The van der Waals surface area contributed by atoms with E-state index in [1.165, 1.54) is 28.0 Å². The maximum atomic E-state index is 5.14. The van der Waals surface area contributed by atoms with Crippen LogP contribution in [0.4, 0.5) is 11.4 Å². The van der Waals surface area contributed by atoms with Gasteiger partial charge in [-0.05, 0) is 96.0 Å². The van der Waals surface area contributed by atoms with Gasteiger partial charge in [0.05, 0.1) is 11.2 Å². The van der Waals surface area contributed by atoms with Crippen LogP contribution in [0, 0.1) is 0 Å². The lowest BCUT2D eigenvalue weighted by Gasteiger charge is -2.30. The summed E-state index contributed by atoms with van der Waals surface area (Å²) in [6, 6.07) is 49.8. The third-order valence-corrected chi connectivity index (χ3v) is 9.28. The van der Waals surface area contributed by atoms with Crippen LogP contribution in [0.5, 0.6) is 0 Å². The SMILES string of the molecule is C1=CCCC(C2=CC=C(N(c3ccc(-c4ccccc4)cc3)c3ccc(-c4cc5ccccc5nc4-c4ccccc4)cc3)CC2)=C1. The summed E-state index contributed by atoms with van der Waals surface area (Å²) in [5.74, 6) is 0. The van der Waals surface area contributed by atoms with Gasteiger partial charge >= 0.3 is 0 Å². The van der Waals surface area contributed by atoms with Crippen LogP contribution < -0.4 is 4.90 Å². The third kappa shape index (κ3) is 5.98. The molecule has 0 saturated carbocycles. The van der Waals surface area contributed by atoms with Crippen molar-refractivity contribution in [1.82, 2.24) is 4.98 Å². The van der Waals surface area contributed by atoms with Crippen molar-refractivity contribution in [2.45, 2.75) is 25.7 Å². The molecule has 2 heteroatoms. The van der Waals surface area contributed by atoms with Crippen LogP contribution in [0.1, 0.15) is 25.7 Å². The predicted molar refractivity (Wildman–Crippen MR) is 198 cm³/mol. The maximum Gasteiger partial charge on any atom is 0.0788 e. The Bertz CT molecular complexity index is 2150. The molecule has 0 saturated heterocycles. The Morgan fingerprint density at radius 1 is 0.489 bits per heavy atom. The van der Waals surface area contributed by atoms with Crippen molar-refractivity contribution in [3.63, 3.8) is 0 Å². The molecule has 5 aromatic carbocycles. The highest BCUT2D eigenvalue weighted by Crippen LogP contribution is 2.39. The summed E-state index contributed by atoms with van der Waals surface area (Å²) in [4.78, 5) is 7.57. The molecule has 0 aliphatic heterocycles. The maximum absolute atomic E-state index is 5.14. The fraction of sp³-hybridized carbons (Fsp3) is 0.0889. The highest BCUT2D eigenvalue weighted by atomic mass is 15.1. The van der Waals surface area contributed by atoms with Crippen LogP contribution in [0.3, 0.4) is 0 Å². The van der Waals surface area contributed by atoms with Crippen molar-refractivity contribution in [3.8, 4) is 33.5 Å². The van der Waals surface area contributed by atoms with E-state index in [0.717, 1.165) is 70.3 Å². The second-order valence-corrected chi connectivity index (χ2v) is 12.2. The Labute approximate surface area is 277 Å². The van der Waals surface area contributed by atoms with E-state index in [-0.39, 0.29) is 0 Å². The minimum absolute atomic E-state index is 0.988. The summed E-state index contributed by atoms with van der Waals surface area (Å²) in [5, 5.41) is 1.14. The van der Waals surface area contributed by atoms with E-state index in [4.69, 9.17) is 4.98 Å². The topological polar surface area (TPSA) is 16.1 Å². The van der Waals surface area contributed by atoms with Gasteiger partial charge in [-0.2, -0.15) is 0 Å². The first kappa shape index (κ1) is 28.7. The number of nitrogens with zero attached hydrogens (tertiary/aromatic N) is 2. The van der Waals surface area contributed by atoms with Gasteiger partial charge in [-0.3, -0.25) is 0 Å². The van der Waals surface area contributed by atoms with Crippen molar-refractivity contribution in [3.05, 3.63) is 187 Å². The lowest BCUT2D eigenvalue weighted by Crippen LogP contribution is -2.18. The van der Waals surface area contributed by atoms with Gasteiger partial charge in [0.25, 0.3) is 0 Å². The number of hydrogen-bond donors (Lipinski definition) is 0. The van der Waals surface area contributed by atoms with Crippen LogP contribution in [-0.2, 0) is 0 Å². The Morgan fingerprint density at radius 2 is 1.11 bits per heavy atom. The molecule has 1 heterocycles. The standard InChI is InChI=1S/C45H36N2/c1-4-12-33(13-5-1)35-20-26-40(27-21-35)47(41-28-22-36(23-29-41)34-14-6-2-7-15-34)42-30-24-37(25-31-42)43-32-39-18-10-11-19-44(39)46-45(43)38-16-8-3-9-17-38/h1-6,8-14,16-22,24-28,30-32H,7,15,23,29H2. The number of pyridine rings is 1. The number of benzene rings is 5. The molecule has 0 radical (unpaired) electrons. The molecular formula is C45H36N2. The first-order valence-electron chi connectivity index (χ1n) is 16.6. The van der Waals surface area contributed by atoms with Crippen LogP contribution in [0.2, 0.25) is 0 Å². The summed E-state index contributed by atoms with van der Waals surface area (Å²) < 4.78 is 0. The van der Waals surface area contributed by atoms with E-state index in [1.807, 2.05) is 0 Å². The number of aromatic nitrogens is 1. The molecule has 2 nitrogen and oxygen atoms in total. The fourth-order valence-corrected chi connectivity index (χ4v) is 6.81. The minimum Gasteiger partial charge on any atom is -0.314 e. The molecule has 6 aromatic rings.